The summed E-state index contributed by atoms with van der Waals surface area (Å²) in [5.41, 5.74) is 5.38. The van der Waals surface area contributed by atoms with Gasteiger partial charge in [-0.3, -0.25) is 5.41 Å². The van der Waals surface area contributed by atoms with Crippen molar-refractivity contribution in [3.63, 3.8) is 0 Å². The normalized spacial score (nSPS) is 22.9. The summed E-state index contributed by atoms with van der Waals surface area (Å²) in [5, 5.41) is 7.37. The van der Waals surface area contributed by atoms with Crippen molar-refractivity contribution >= 4 is 15.9 Å². The second kappa shape index (κ2) is 5.79. The van der Waals surface area contributed by atoms with E-state index >= 15 is 0 Å². The van der Waals surface area contributed by atoms with Crippen LogP contribution in [0.25, 0.3) is 0 Å². The zero-order valence-corrected chi connectivity index (χ0v) is 11.1. The number of ether oxygens (including phenoxy) is 1. The van der Waals surface area contributed by atoms with Gasteiger partial charge >= 0.3 is 0 Å². The van der Waals surface area contributed by atoms with Crippen LogP contribution in [0.1, 0.15) is 26.7 Å². The lowest BCUT2D eigenvalue weighted by Crippen LogP contribution is -2.49. The van der Waals surface area contributed by atoms with Gasteiger partial charge in [0.15, 0.2) is 0 Å². The van der Waals surface area contributed by atoms with E-state index in [9.17, 15) is 8.42 Å². The van der Waals surface area contributed by atoms with Crippen LogP contribution in [-0.4, -0.2) is 38.8 Å². The number of hydrogen-bond donors (Lipinski definition) is 3. The first-order valence-electron chi connectivity index (χ1n) is 5.77. The van der Waals surface area contributed by atoms with Crippen LogP contribution in [-0.2, 0) is 14.8 Å². The van der Waals surface area contributed by atoms with Crippen LogP contribution in [0.2, 0.25) is 0 Å². The Morgan fingerprint density at radius 3 is 2.65 bits per heavy atom. The third kappa shape index (κ3) is 4.61. The maximum absolute atomic E-state index is 11.9. The van der Waals surface area contributed by atoms with Crippen molar-refractivity contribution in [3.05, 3.63) is 0 Å². The van der Waals surface area contributed by atoms with E-state index in [0.29, 0.717) is 6.61 Å². The summed E-state index contributed by atoms with van der Waals surface area (Å²) >= 11 is 0. The summed E-state index contributed by atoms with van der Waals surface area (Å²) < 4.78 is 31.5. The molecular weight excluding hydrogens is 242 g/mol. The predicted octanol–water partition coefficient (Wildman–Crippen LogP) is 0.0454. The Labute approximate surface area is 102 Å². The predicted molar refractivity (Wildman–Crippen MR) is 66.4 cm³/mol. The molecule has 0 bridgehead atoms. The fourth-order valence-corrected chi connectivity index (χ4v) is 3.46. The van der Waals surface area contributed by atoms with Gasteiger partial charge in [0.05, 0.1) is 17.9 Å². The number of sulfonamides is 1. The maximum atomic E-state index is 11.9. The Morgan fingerprint density at radius 2 is 2.24 bits per heavy atom. The topological polar surface area (TPSA) is 105 Å². The number of rotatable bonds is 6. The van der Waals surface area contributed by atoms with Gasteiger partial charge in [0.25, 0.3) is 0 Å². The Morgan fingerprint density at radius 1 is 1.59 bits per heavy atom. The Kier molecular flexibility index (Phi) is 4.91. The van der Waals surface area contributed by atoms with Crippen molar-refractivity contribution in [3.8, 4) is 0 Å². The lowest BCUT2D eigenvalue weighted by atomic mass is 10.1. The number of hydrogen-bond acceptors (Lipinski definition) is 4. The Balaban J connectivity index is 2.60. The zero-order chi connectivity index (χ0) is 13.1. The van der Waals surface area contributed by atoms with Crippen molar-refractivity contribution in [2.75, 3.05) is 12.4 Å². The smallest absolute Gasteiger partial charge is 0.214 e. The molecule has 2 atom stereocenters. The van der Waals surface area contributed by atoms with E-state index in [2.05, 4.69) is 4.72 Å². The minimum atomic E-state index is -3.45. The van der Waals surface area contributed by atoms with E-state index in [-0.39, 0.29) is 23.6 Å². The molecule has 0 aromatic rings. The molecule has 1 heterocycles. The molecule has 1 aliphatic heterocycles. The molecule has 2 unspecified atom stereocenters. The van der Waals surface area contributed by atoms with Gasteiger partial charge in [0, 0.05) is 6.61 Å². The van der Waals surface area contributed by atoms with Gasteiger partial charge in [-0.2, -0.15) is 0 Å². The molecule has 1 fully saturated rings. The lowest BCUT2D eigenvalue weighted by Gasteiger charge is -2.21. The molecule has 6 nitrogen and oxygen atoms in total. The molecule has 1 aliphatic rings. The second-order valence-corrected chi connectivity index (χ2v) is 6.51. The molecule has 0 saturated carbocycles. The summed E-state index contributed by atoms with van der Waals surface area (Å²) in [7, 11) is -3.45. The van der Waals surface area contributed by atoms with Crippen LogP contribution >= 0.6 is 0 Å². The number of amidine groups is 1. The molecule has 0 spiro atoms. The summed E-state index contributed by atoms with van der Waals surface area (Å²) in [6.07, 6.45) is 1.45. The van der Waals surface area contributed by atoms with Crippen LogP contribution in [0, 0.1) is 11.3 Å². The first-order chi connectivity index (χ1) is 7.82. The van der Waals surface area contributed by atoms with E-state index in [4.69, 9.17) is 15.9 Å². The molecular formula is C10H21N3O3S. The molecule has 0 aliphatic carbocycles. The fraction of sp³-hybridized carbons (Fsp3) is 0.900. The highest BCUT2D eigenvalue weighted by atomic mass is 32.2. The summed E-state index contributed by atoms with van der Waals surface area (Å²) in [5.74, 6) is -0.258. The van der Waals surface area contributed by atoms with Crippen molar-refractivity contribution < 1.29 is 13.2 Å². The van der Waals surface area contributed by atoms with E-state index in [1.807, 2.05) is 13.8 Å². The van der Waals surface area contributed by atoms with Gasteiger partial charge in [0.2, 0.25) is 10.0 Å². The van der Waals surface area contributed by atoms with Crippen molar-refractivity contribution in [2.45, 2.75) is 38.8 Å². The van der Waals surface area contributed by atoms with E-state index in [1.165, 1.54) is 0 Å². The highest BCUT2D eigenvalue weighted by Crippen LogP contribution is 2.14. The van der Waals surface area contributed by atoms with Gasteiger partial charge in [-0.15, -0.1) is 0 Å². The molecule has 7 heteroatoms. The molecule has 0 amide bonds. The number of nitrogens with one attached hydrogen (secondary N) is 2. The molecule has 1 saturated heterocycles. The minimum absolute atomic E-state index is 0.0493. The van der Waals surface area contributed by atoms with Crippen LogP contribution in [0.4, 0.5) is 0 Å². The highest BCUT2D eigenvalue weighted by molar-refractivity contribution is 7.89. The van der Waals surface area contributed by atoms with Crippen molar-refractivity contribution in [2.24, 2.45) is 11.7 Å². The average molecular weight is 263 g/mol. The molecule has 4 N–H and O–H groups in total. The third-order valence-electron chi connectivity index (χ3n) is 2.74. The molecule has 17 heavy (non-hydrogen) atoms. The maximum Gasteiger partial charge on any atom is 0.214 e. The van der Waals surface area contributed by atoms with Gasteiger partial charge in [-0.25, -0.2) is 13.1 Å². The first kappa shape index (κ1) is 14.4. The zero-order valence-electron chi connectivity index (χ0n) is 10.3. The van der Waals surface area contributed by atoms with Crippen LogP contribution in [0.15, 0.2) is 0 Å². The van der Waals surface area contributed by atoms with E-state index in [1.54, 1.807) is 0 Å². The van der Waals surface area contributed by atoms with Crippen molar-refractivity contribution in [1.82, 2.24) is 4.72 Å². The lowest BCUT2D eigenvalue weighted by molar-refractivity contribution is 0.127. The fourth-order valence-electron chi connectivity index (χ4n) is 1.82. The van der Waals surface area contributed by atoms with Crippen LogP contribution in [0.5, 0.6) is 0 Å². The SMILES string of the molecule is CC(C)C(NS(=O)(=O)CC1CCCO1)C(=N)N. The third-order valence-corrected chi connectivity index (χ3v) is 4.16. The van der Waals surface area contributed by atoms with Gasteiger partial charge in [-0.1, -0.05) is 13.8 Å². The highest BCUT2D eigenvalue weighted by Gasteiger charge is 2.27. The standard InChI is InChI=1S/C10H21N3O3S/c1-7(2)9(10(11)12)13-17(14,15)6-8-4-3-5-16-8/h7-9,13H,3-6H2,1-2H3,(H3,11,12). The molecule has 0 aromatic heterocycles. The van der Waals surface area contributed by atoms with Crippen molar-refractivity contribution in [1.29, 1.82) is 5.41 Å². The molecule has 1 rings (SSSR count). The first-order valence-corrected chi connectivity index (χ1v) is 7.42. The van der Waals surface area contributed by atoms with Gasteiger partial charge in [0.1, 0.15) is 5.84 Å². The largest absolute Gasteiger partial charge is 0.386 e. The molecule has 0 radical (unpaired) electrons. The summed E-state index contributed by atoms with van der Waals surface area (Å²) in [4.78, 5) is 0. The average Bonchev–Trinajstić information content (AvgIpc) is 2.65. The minimum Gasteiger partial charge on any atom is -0.386 e. The Hall–Kier alpha value is -0.660. The Bertz CT molecular complexity index is 361. The van der Waals surface area contributed by atoms with Gasteiger partial charge < -0.3 is 10.5 Å². The monoisotopic (exact) mass is 263 g/mol. The van der Waals surface area contributed by atoms with E-state index < -0.39 is 16.1 Å². The van der Waals surface area contributed by atoms with Crippen LogP contribution < -0.4 is 10.5 Å². The second-order valence-electron chi connectivity index (χ2n) is 4.71. The molecule has 100 valence electrons. The van der Waals surface area contributed by atoms with E-state index in [0.717, 1.165) is 12.8 Å². The summed E-state index contributed by atoms with van der Waals surface area (Å²) in [6.45, 7) is 4.27. The van der Waals surface area contributed by atoms with Crippen LogP contribution in [0.3, 0.4) is 0 Å². The quantitative estimate of drug-likeness (QED) is 0.465. The number of nitrogens with two attached hydrogens (primary N) is 1. The van der Waals surface area contributed by atoms with Gasteiger partial charge in [-0.05, 0) is 18.8 Å². The summed E-state index contributed by atoms with van der Waals surface area (Å²) in [6, 6.07) is -0.638. The molecule has 0 aromatic carbocycles.